The van der Waals surface area contributed by atoms with Gasteiger partial charge in [-0.3, -0.25) is 4.90 Å². The molecule has 0 radical (unpaired) electrons. The highest BCUT2D eigenvalue weighted by Crippen LogP contribution is 2.38. The molecule has 1 saturated carbocycles. The van der Waals surface area contributed by atoms with Crippen LogP contribution in [0.1, 0.15) is 50.0 Å². The molecule has 1 heterocycles. The summed E-state index contributed by atoms with van der Waals surface area (Å²) in [5, 5.41) is 13.3. The highest BCUT2D eigenvalue weighted by Gasteiger charge is 2.44. The molecule has 2 fully saturated rings. The second-order valence-corrected chi connectivity index (χ2v) is 8.28. The molecule has 4 heteroatoms. The molecule has 0 bridgehead atoms. The van der Waals surface area contributed by atoms with Crippen molar-refractivity contribution in [3.05, 3.63) is 66.2 Å². The maximum Gasteiger partial charge on any atom is 0.329 e. The van der Waals surface area contributed by atoms with E-state index < -0.39 is 11.5 Å². The molecule has 2 aromatic carbocycles. The summed E-state index contributed by atoms with van der Waals surface area (Å²) in [7, 11) is 0. The van der Waals surface area contributed by atoms with Crippen molar-refractivity contribution >= 4 is 11.7 Å². The van der Waals surface area contributed by atoms with Crippen molar-refractivity contribution in [1.82, 2.24) is 4.90 Å². The average Bonchev–Trinajstić information content (AvgIpc) is 2.75. The Morgan fingerprint density at radius 1 is 0.929 bits per heavy atom. The van der Waals surface area contributed by atoms with E-state index in [1.807, 2.05) is 30.3 Å². The number of carboxylic acids is 1. The maximum absolute atomic E-state index is 12.2. The number of piperidine rings is 1. The molecule has 148 valence electrons. The van der Waals surface area contributed by atoms with Gasteiger partial charge in [-0.2, -0.15) is 0 Å². The number of anilines is 1. The zero-order valence-electron chi connectivity index (χ0n) is 16.4. The number of rotatable bonds is 5. The molecule has 28 heavy (non-hydrogen) atoms. The minimum atomic E-state index is -0.866. The van der Waals surface area contributed by atoms with Crippen LogP contribution in [-0.2, 0) is 4.79 Å². The molecule has 2 atom stereocenters. The van der Waals surface area contributed by atoms with Gasteiger partial charge in [0.1, 0.15) is 5.54 Å². The Balaban J connectivity index is 1.48. The first-order chi connectivity index (χ1) is 13.7. The molecule has 0 aromatic heterocycles. The van der Waals surface area contributed by atoms with Gasteiger partial charge < -0.3 is 10.4 Å². The second-order valence-electron chi connectivity index (χ2n) is 8.28. The van der Waals surface area contributed by atoms with Crippen molar-refractivity contribution in [2.75, 3.05) is 18.4 Å². The summed E-state index contributed by atoms with van der Waals surface area (Å²) in [5.74, 6) is -0.173. The van der Waals surface area contributed by atoms with Crippen LogP contribution in [0.3, 0.4) is 0 Å². The number of hydrogen-bond acceptors (Lipinski definition) is 3. The number of likely N-dealkylation sites (tertiary alicyclic amines) is 1. The van der Waals surface area contributed by atoms with E-state index in [1.165, 1.54) is 31.2 Å². The van der Waals surface area contributed by atoms with Gasteiger partial charge in [0.05, 0.1) is 0 Å². The summed E-state index contributed by atoms with van der Waals surface area (Å²) < 4.78 is 0. The third-order valence-corrected chi connectivity index (χ3v) is 6.64. The molecule has 1 saturated heterocycles. The van der Waals surface area contributed by atoms with Gasteiger partial charge in [0, 0.05) is 24.8 Å². The largest absolute Gasteiger partial charge is 0.480 e. The fraction of sp³-hybridized carbons (Fsp3) is 0.458. The Kier molecular flexibility index (Phi) is 5.67. The van der Waals surface area contributed by atoms with Gasteiger partial charge in [0.25, 0.3) is 0 Å². The Hall–Kier alpha value is -2.33. The van der Waals surface area contributed by atoms with Gasteiger partial charge in [-0.25, -0.2) is 4.79 Å². The van der Waals surface area contributed by atoms with E-state index in [0.29, 0.717) is 24.8 Å². The molecule has 4 rings (SSSR count). The van der Waals surface area contributed by atoms with Crippen LogP contribution in [0.25, 0.3) is 0 Å². The predicted molar refractivity (Wildman–Crippen MR) is 113 cm³/mol. The molecule has 2 unspecified atom stereocenters. The molecule has 2 aliphatic rings. The van der Waals surface area contributed by atoms with Crippen molar-refractivity contribution in [2.24, 2.45) is 0 Å². The number of hydrogen-bond donors (Lipinski definition) is 2. The zero-order chi connectivity index (χ0) is 19.4. The fourth-order valence-corrected chi connectivity index (χ4v) is 5.06. The van der Waals surface area contributed by atoms with Crippen LogP contribution in [0.4, 0.5) is 5.69 Å². The lowest BCUT2D eigenvalue weighted by atomic mass is 9.77. The lowest BCUT2D eigenvalue weighted by Crippen LogP contribution is -2.57. The monoisotopic (exact) mass is 378 g/mol. The first kappa shape index (κ1) is 19.0. The summed E-state index contributed by atoms with van der Waals surface area (Å²) in [5.41, 5.74) is 1.46. The number of carboxylic acid groups (broad SMARTS) is 1. The number of nitrogens with zero attached hydrogens (tertiary/aromatic N) is 1. The molecular formula is C24H30N2O2. The summed E-state index contributed by atoms with van der Waals surface area (Å²) in [4.78, 5) is 14.7. The van der Waals surface area contributed by atoms with Crippen molar-refractivity contribution < 1.29 is 9.90 Å². The van der Waals surface area contributed by atoms with Crippen LogP contribution >= 0.6 is 0 Å². The van der Waals surface area contributed by atoms with Crippen LogP contribution in [0.5, 0.6) is 0 Å². The topological polar surface area (TPSA) is 52.6 Å². The SMILES string of the molecule is O=C(O)C1(Nc2ccccc2)CCN(C2CCCCC2c2ccccc2)CC1. The van der Waals surface area contributed by atoms with Gasteiger partial charge in [-0.1, -0.05) is 61.4 Å². The van der Waals surface area contributed by atoms with E-state index in [1.54, 1.807) is 0 Å². The van der Waals surface area contributed by atoms with Crippen LogP contribution in [0.2, 0.25) is 0 Å². The summed E-state index contributed by atoms with van der Waals surface area (Å²) in [6.07, 6.45) is 6.28. The maximum atomic E-state index is 12.2. The molecule has 4 nitrogen and oxygen atoms in total. The van der Waals surface area contributed by atoms with Crippen molar-refractivity contribution in [1.29, 1.82) is 0 Å². The minimum absolute atomic E-state index is 0.527. The quantitative estimate of drug-likeness (QED) is 0.789. The number of nitrogens with one attached hydrogen (secondary N) is 1. The lowest BCUT2D eigenvalue weighted by molar-refractivity contribution is -0.144. The third kappa shape index (κ3) is 3.93. The molecular weight excluding hydrogens is 348 g/mol. The lowest BCUT2D eigenvalue weighted by Gasteiger charge is -2.46. The van der Waals surface area contributed by atoms with Crippen LogP contribution < -0.4 is 5.32 Å². The fourth-order valence-electron chi connectivity index (χ4n) is 5.06. The predicted octanol–water partition coefficient (Wildman–Crippen LogP) is 4.74. The van der Waals surface area contributed by atoms with Gasteiger partial charge in [-0.15, -0.1) is 0 Å². The van der Waals surface area contributed by atoms with Gasteiger partial charge in [0.15, 0.2) is 0 Å². The minimum Gasteiger partial charge on any atom is -0.480 e. The third-order valence-electron chi connectivity index (χ3n) is 6.64. The van der Waals surface area contributed by atoms with Gasteiger partial charge in [-0.05, 0) is 49.3 Å². The molecule has 0 spiro atoms. The van der Waals surface area contributed by atoms with E-state index in [4.69, 9.17) is 0 Å². The van der Waals surface area contributed by atoms with Crippen LogP contribution in [-0.4, -0.2) is 40.6 Å². The van der Waals surface area contributed by atoms with E-state index >= 15 is 0 Å². The highest BCUT2D eigenvalue weighted by atomic mass is 16.4. The normalized spacial score (nSPS) is 25.1. The van der Waals surface area contributed by atoms with Crippen molar-refractivity contribution in [3.63, 3.8) is 0 Å². The molecule has 0 amide bonds. The van der Waals surface area contributed by atoms with Crippen molar-refractivity contribution in [2.45, 2.75) is 56.0 Å². The number of benzene rings is 2. The standard InChI is InChI=1S/C24H30N2O2/c27-23(28)24(25-20-11-5-2-6-12-20)15-17-26(18-16-24)22-14-8-7-13-21(22)19-9-3-1-4-10-19/h1-6,9-12,21-22,25H,7-8,13-18H2,(H,27,28). The second kappa shape index (κ2) is 8.36. The Labute approximate surface area is 167 Å². The van der Waals surface area contributed by atoms with E-state index in [0.717, 1.165) is 18.8 Å². The van der Waals surface area contributed by atoms with Gasteiger partial charge in [0.2, 0.25) is 0 Å². The summed E-state index contributed by atoms with van der Waals surface area (Å²) in [6.45, 7) is 1.67. The van der Waals surface area contributed by atoms with E-state index in [2.05, 4.69) is 40.5 Å². The summed E-state index contributed by atoms with van der Waals surface area (Å²) >= 11 is 0. The zero-order valence-corrected chi connectivity index (χ0v) is 16.4. The van der Waals surface area contributed by atoms with Crippen LogP contribution in [0, 0.1) is 0 Å². The molecule has 1 aliphatic heterocycles. The first-order valence-corrected chi connectivity index (χ1v) is 10.5. The number of carbonyl (C=O) groups is 1. The number of para-hydroxylation sites is 1. The highest BCUT2D eigenvalue weighted by molar-refractivity contribution is 5.83. The van der Waals surface area contributed by atoms with Gasteiger partial charge >= 0.3 is 5.97 Å². The Bertz CT molecular complexity index is 770. The summed E-state index contributed by atoms with van der Waals surface area (Å²) in [6, 6.07) is 21.1. The molecule has 1 aliphatic carbocycles. The Morgan fingerprint density at radius 3 is 2.18 bits per heavy atom. The Morgan fingerprint density at radius 2 is 1.54 bits per heavy atom. The molecule has 2 aromatic rings. The smallest absolute Gasteiger partial charge is 0.329 e. The van der Waals surface area contributed by atoms with E-state index in [-0.39, 0.29) is 0 Å². The van der Waals surface area contributed by atoms with E-state index in [9.17, 15) is 9.90 Å². The van der Waals surface area contributed by atoms with Crippen molar-refractivity contribution in [3.8, 4) is 0 Å². The molecule has 2 N–H and O–H groups in total. The first-order valence-electron chi connectivity index (χ1n) is 10.5. The number of aliphatic carboxylic acids is 1. The average molecular weight is 379 g/mol. The van der Waals surface area contributed by atoms with Crippen LogP contribution in [0.15, 0.2) is 60.7 Å².